The molecule has 7 heteroatoms. The molecule has 0 bridgehead atoms. The summed E-state index contributed by atoms with van der Waals surface area (Å²) in [4.78, 5) is 12.1. The maximum absolute atomic E-state index is 13.1. The van der Waals surface area contributed by atoms with Crippen molar-refractivity contribution in [3.8, 4) is 5.75 Å². The average Bonchev–Trinajstić information content (AvgIpc) is 2.46. The fraction of sp³-hybridized carbons (Fsp3) is 0.133. The van der Waals surface area contributed by atoms with Crippen LogP contribution < -0.4 is 10.1 Å². The quantitative estimate of drug-likeness (QED) is 0.798. The van der Waals surface area contributed by atoms with Crippen molar-refractivity contribution in [2.75, 3.05) is 5.32 Å². The minimum Gasteiger partial charge on any atom is -0.473 e. The molecule has 1 aliphatic rings. The van der Waals surface area contributed by atoms with E-state index in [9.17, 15) is 18.0 Å². The highest BCUT2D eigenvalue weighted by molar-refractivity contribution is 9.10. The third-order valence-electron chi connectivity index (χ3n) is 3.22. The topological polar surface area (TPSA) is 38.3 Å². The second-order valence-corrected chi connectivity index (χ2v) is 5.63. The molecule has 3 rings (SSSR count). The van der Waals surface area contributed by atoms with Crippen molar-refractivity contribution in [1.29, 1.82) is 0 Å². The maximum atomic E-state index is 13.1. The molecule has 0 saturated heterocycles. The lowest BCUT2D eigenvalue weighted by molar-refractivity contribution is -0.140. The van der Waals surface area contributed by atoms with Crippen LogP contribution in [0, 0.1) is 0 Å². The normalized spacial score (nSPS) is 17.5. The van der Waals surface area contributed by atoms with Crippen LogP contribution in [0.3, 0.4) is 0 Å². The molecule has 1 aliphatic heterocycles. The van der Waals surface area contributed by atoms with E-state index >= 15 is 0 Å². The van der Waals surface area contributed by atoms with Crippen molar-refractivity contribution in [3.63, 3.8) is 0 Å². The maximum Gasteiger partial charge on any atom is 0.420 e. The second-order valence-electron chi connectivity index (χ2n) is 4.72. The number of amides is 1. The summed E-state index contributed by atoms with van der Waals surface area (Å²) in [6.45, 7) is 0. The molecule has 22 heavy (non-hydrogen) atoms. The minimum absolute atomic E-state index is 0.0215. The molecule has 3 nitrogen and oxygen atoms in total. The zero-order valence-electron chi connectivity index (χ0n) is 10.9. The van der Waals surface area contributed by atoms with Gasteiger partial charge in [-0.2, -0.15) is 13.2 Å². The summed E-state index contributed by atoms with van der Waals surface area (Å²) in [6, 6.07) is 10.2. The van der Waals surface area contributed by atoms with Crippen LogP contribution in [-0.4, -0.2) is 5.91 Å². The lowest BCUT2D eigenvalue weighted by Crippen LogP contribution is -2.31. The monoisotopic (exact) mass is 371 g/mol. The lowest BCUT2D eigenvalue weighted by Gasteiger charge is -2.28. The molecule has 0 radical (unpaired) electrons. The predicted molar refractivity (Wildman–Crippen MR) is 77.6 cm³/mol. The number of hydrogen-bond acceptors (Lipinski definition) is 2. The van der Waals surface area contributed by atoms with Gasteiger partial charge in [0.1, 0.15) is 0 Å². The summed E-state index contributed by atoms with van der Waals surface area (Å²) in [5.74, 6) is -0.864. The van der Waals surface area contributed by atoms with Gasteiger partial charge in [-0.25, -0.2) is 0 Å². The van der Waals surface area contributed by atoms with Crippen LogP contribution in [0.2, 0.25) is 0 Å². The zero-order chi connectivity index (χ0) is 15.9. The number of carbonyl (C=O) groups is 1. The number of halogens is 4. The molecular formula is C15H9BrF3NO2. The Bertz CT molecular complexity index is 729. The molecule has 0 fully saturated rings. The summed E-state index contributed by atoms with van der Waals surface area (Å²) in [5.41, 5.74) is -0.413. The summed E-state index contributed by atoms with van der Waals surface area (Å²) < 4.78 is 45.3. The highest BCUT2D eigenvalue weighted by atomic mass is 79.9. The Morgan fingerprint density at radius 3 is 2.41 bits per heavy atom. The van der Waals surface area contributed by atoms with Crippen molar-refractivity contribution in [2.24, 2.45) is 0 Å². The Morgan fingerprint density at radius 2 is 1.77 bits per heavy atom. The van der Waals surface area contributed by atoms with Gasteiger partial charge < -0.3 is 10.1 Å². The third-order valence-corrected chi connectivity index (χ3v) is 3.75. The number of carbonyl (C=O) groups excluding carboxylic acids is 1. The smallest absolute Gasteiger partial charge is 0.420 e. The number of ether oxygens (including phenoxy) is 1. The van der Waals surface area contributed by atoms with Crippen molar-refractivity contribution >= 4 is 27.5 Å². The minimum atomic E-state index is -4.56. The fourth-order valence-electron chi connectivity index (χ4n) is 2.21. The van der Waals surface area contributed by atoms with Crippen molar-refractivity contribution < 1.29 is 22.7 Å². The summed E-state index contributed by atoms with van der Waals surface area (Å²) in [6.07, 6.45) is -5.68. The Kier molecular flexibility index (Phi) is 3.60. The average molecular weight is 372 g/mol. The van der Waals surface area contributed by atoms with Crippen LogP contribution in [-0.2, 0) is 11.0 Å². The number of benzene rings is 2. The lowest BCUT2D eigenvalue weighted by atomic mass is 10.1. The van der Waals surface area contributed by atoms with Crippen molar-refractivity contribution in [3.05, 3.63) is 58.1 Å². The third kappa shape index (κ3) is 2.68. The molecular weight excluding hydrogens is 363 g/mol. The van der Waals surface area contributed by atoms with E-state index in [1.807, 2.05) is 0 Å². The molecule has 0 unspecified atom stereocenters. The van der Waals surface area contributed by atoms with Crippen LogP contribution >= 0.6 is 15.9 Å². The van der Waals surface area contributed by atoms with E-state index in [1.54, 1.807) is 24.3 Å². The van der Waals surface area contributed by atoms with E-state index in [0.29, 0.717) is 5.56 Å². The van der Waals surface area contributed by atoms with Gasteiger partial charge in [-0.05, 0) is 24.3 Å². The van der Waals surface area contributed by atoms with Gasteiger partial charge in [0.05, 0.1) is 11.3 Å². The van der Waals surface area contributed by atoms with E-state index < -0.39 is 23.8 Å². The largest absolute Gasteiger partial charge is 0.473 e. The Morgan fingerprint density at radius 1 is 1.09 bits per heavy atom. The molecule has 1 atom stereocenters. The van der Waals surface area contributed by atoms with Crippen molar-refractivity contribution in [2.45, 2.75) is 12.3 Å². The first kappa shape index (κ1) is 14.9. The second kappa shape index (κ2) is 5.31. The Balaban J connectivity index is 2.04. The van der Waals surface area contributed by atoms with E-state index in [1.165, 1.54) is 12.1 Å². The molecule has 0 aliphatic carbocycles. The summed E-state index contributed by atoms with van der Waals surface area (Å²) in [5, 5.41) is 2.46. The Labute approximate surface area is 132 Å². The number of para-hydroxylation sites is 1. The molecule has 0 saturated carbocycles. The van der Waals surface area contributed by atoms with Gasteiger partial charge in [-0.3, -0.25) is 4.79 Å². The molecule has 2 aromatic carbocycles. The van der Waals surface area contributed by atoms with Gasteiger partial charge in [0.2, 0.25) is 6.10 Å². The first-order valence-electron chi connectivity index (χ1n) is 6.29. The molecule has 0 aromatic heterocycles. The van der Waals surface area contributed by atoms with Gasteiger partial charge in [-0.15, -0.1) is 0 Å². The van der Waals surface area contributed by atoms with Crippen LogP contribution in [0.15, 0.2) is 46.9 Å². The molecule has 2 aromatic rings. The first-order chi connectivity index (χ1) is 10.4. The van der Waals surface area contributed by atoms with Gasteiger partial charge >= 0.3 is 6.18 Å². The Hall–Kier alpha value is -2.02. The van der Waals surface area contributed by atoms with Gasteiger partial charge in [0, 0.05) is 10.0 Å². The SMILES string of the molecule is O=C1Nc2cccc(C(F)(F)F)c2O[C@H]1c1ccc(Br)cc1. The van der Waals surface area contributed by atoms with E-state index in [-0.39, 0.29) is 11.4 Å². The summed E-state index contributed by atoms with van der Waals surface area (Å²) in [7, 11) is 0. The highest BCUT2D eigenvalue weighted by Crippen LogP contribution is 2.44. The molecule has 1 heterocycles. The molecule has 1 amide bonds. The van der Waals surface area contributed by atoms with Crippen LogP contribution in [0.4, 0.5) is 18.9 Å². The van der Waals surface area contributed by atoms with E-state index in [2.05, 4.69) is 21.2 Å². The zero-order valence-corrected chi connectivity index (χ0v) is 12.5. The molecule has 114 valence electrons. The standard InChI is InChI=1S/C15H9BrF3NO2/c16-9-6-4-8(5-7-9)12-14(21)20-11-3-1-2-10(13(11)22-12)15(17,18)19/h1-7,12H,(H,20,21)/t12-/m0/s1. The number of alkyl halides is 3. The summed E-state index contributed by atoms with van der Waals surface area (Å²) >= 11 is 3.26. The van der Waals surface area contributed by atoms with Crippen LogP contribution in [0.25, 0.3) is 0 Å². The first-order valence-corrected chi connectivity index (χ1v) is 7.09. The molecule has 0 spiro atoms. The molecule has 1 N–H and O–H groups in total. The van der Waals surface area contributed by atoms with Gasteiger partial charge in [-0.1, -0.05) is 34.1 Å². The van der Waals surface area contributed by atoms with Gasteiger partial charge in [0.15, 0.2) is 5.75 Å². The number of anilines is 1. The predicted octanol–water partition coefficient (Wildman–Crippen LogP) is 4.54. The fourth-order valence-corrected chi connectivity index (χ4v) is 2.48. The number of hydrogen-bond donors (Lipinski definition) is 1. The highest BCUT2D eigenvalue weighted by Gasteiger charge is 2.39. The van der Waals surface area contributed by atoms with Crippen molar-refractivity contribution in [1.82, 2.24) is 0 Å². The number of nitrogens with one attached hydrogen (secondary N) is 1. The van der Waals surface area contributed by atoms with E-state index in [4.69, 9.17) is 4.74 Å². The number of fused-ring (bicyclic) bond motifs is 1. The van der Waals surface area contributed by atoms with Crippen LogP contribution in [0.5, 0.6) is 5.75 Å². The van der Waals surface area contributed by atoms with Crippen LogP contribution in [0.1, 0.15) is 17.2 Å². The van der Waals surface area contributed by atoms with Gasteiger partial charge in [0.25, 0.3) is 5.91 Å². The number of rotatable bonds is 1. The van der Waals surface area contributed by atoms with E-state index in [0.717, 1.165) is 10.5 Å².